The third-order valence-corrected chi connectivity index (χ3v) is 2.61. The quantitative estimate of drug-likeness (QED) is 0.911. The molecule has 6 heteroatoms. The van der Waals surface area contributed by atoms with E-state index in [9.17, 15) is 4.79 Å². The van der Waals surface area contributed by atoms with Gasteiger partial charge in [0.1, 0.15) is 11.3 Å². The van der Waals surface area contributed by atoms with Gasteiger partial charge < -0.3 is 14.6 Å². The topological polar surface area (TPSA) is 68.7 Å². The van der Waals surface area contributed by atoms with Gasteiger partial charge in [-0.15, -0.1) is 0 Å². The zero-order valence-electron chi connectivity index (χ0n) is 10.7. The van der Waals surface area contributed by atoms with Crippen LogP contribution >= 0.6 is 11.6 Å². The van der Waals surface area contributed by atoms with Crippen LogP contribution < -0.4 is 9.47 Å². The lowest BCUT2D eigenvalue weighted by atomic mass is 10.2. The van der Waals surface area contributed by atoms with Crippen LogP contribution in [-0.2, 0) is 0 Å². The van der Waals surface area contributed by atoms with Crippen molar-refractivity contribution in [2.45, 2.75) is 6.92 Å². The van der Waals surface area contributed by atoms with Gasteiger partial charge in [0.15, 0.2) is 0 Å². The van der Waals surface area contributed by atoms with E-state index in [1.165, 1.54) is 12.1 Å². The molecular weight excluding hydrogens is 282 g/mol. The van der Waals surface area contributed by atoms with Crippen molar-refractivity contribution in [1.82, 2.24) is 4.98 Å². The fourth-order valence-corrected chi connectivity index (χ4v) is 1.72. The zero-order chi connectivity index (χ0) is 14.5. The van der Waals surface area contributed by atoms with Crippen molar-refractivity contribution < 1.29 is 19.4 Å². The summed E-state index contributed by atoms with van der Waals surface area (Å²) < 4.78 is 10.7. The summed E-state index contributed by atoms with van der Waals surface area (Å²) in [5.41, 5.74) is -0.0267. The molecule has 0 spiro atoms. The molecule has 0 aliphatic rings. The number of benzene rings is 1. The molecule has 0 atom stereocenters. The van der Waals surface area contributed by atoms with E-state index in [2.05, 4.69) is 4.98 Å². The highest BCUT2D eigenvalue weighted by molar-refractivity contribution is 6.31. The highest BCUT2D eigenvalue weighted by Crippen LogP contribution is 2.27. The Bertz CT molecular complexity index is 630. The van der Waals surface area contributed by atoms with Gasteiger partial charge in [-0.1, -0.05) is 17.7 Å². The summed E-state index contributed by atoms with van der Waals surface area (Å²) >= 11 is 5.78. The predicted molar refractivity (Wildman–Crippen MR) is 73.9 cm³/mol. The number of carboxylic acids is 1. The molecule has 2 rings (SSSR count). The Balaban J connectivity index is 2.30. The first-order valence-electron chi connectivity index (χ1n) is 5.90. The van der Waals surface area contributed by atoms with Gasteiger partial charge in [-0.3, -0.25) is 0 Å². The van der Waals surface area contributed by atoms with E-state index in [4.69, 9.17) is 26.2 Å². The molecule has 1 aromatic carbocycles. The van der Waals surface area contributed by atoms with E-state index in [1.807, 2.05) is 6.92 Å². The average Bonchev–Trinajstić information content (AvgIpc) is 2.41. The number of nitrogens with zero attached hydrogens (tertiary/aromatic N) is 1. The third kappa shape index (κ3) is 3.39. The molecular formula is C14H12ClNO4. The van der Waals surface area contributed by atoms with Gasteiger partial charge in [0.2, 0.25) is 11.8 Å². The van der Waals surface area contributed by atoms with Gasteiger partial charge in [-0.2, -0.15) is 4.98 Å². The van der Waals surface area contributed by atoms with Gasteiger partial charge in [0.05, 0.1) is 6.61 Å². The van der Waals surface area contributed by atoms with Crippen LogP contribution in [0.4, 0.5) is 0 Å². The maximum absolute atomic E-state index is 11.1. The molecule has 1 heterocycles. The van der Waals surface area contributed by atoms with Gasteiger partial charge in [-0.05, 0) is 25.1 Å². The lowest BCUT2D eigenvalue weighted by Gasteiger charge is -2.09. The number of halogens is 1. The van der Waals surface area contributed by atoms with Crippen molar-refractivity contribution in [1.29, 1.82) is 0 Å². The maximum atomic E-state index is 11.1. The fourth-order valence-electron chi connectivity index (χ4n) is 1.55. The first kappa shape index (κ1) is 14.1. The van der Waals surface area contributed by atoms with Crippen molar-refractivity contribution in [3.8, 4) is 17.5 Å². The molecule has 20 heavy (non-hydrogen) atoms. The normalized spacial score (nSPS) is 10.1. The lowest BCUT2D eigenvalue weighted by Crippen LogP contribution is -2.01. The van der Waals surface area contributed by atoms with Crippen molar-refractivity contribution in [2.75, 3.05) is 6.61 Å². The zero-order valence-corrected chi connectivity index (χ0v) is 11.4. The summed E-state index contributed by atoms with van der Waals surface area (Å²) in [6.45, 7) is 2.33. The van der Waals surface area contributed by atoms with Crippen LogP contribution in [0.3, 0.4) is 0 Å². The number of hydrogen-bond acceptors (Lipinski definition) is 4. The second-order valence-electron chi connectivity index (χ2n) is 3.79. The predicted octanol–water partition coefficient (Wildman–Crippen LogP) is 3.62. The SMILES string of the molecule is CCOc1cccc(Oc2ccc(Cl)cc2C(=O)O)n1. The molecule has 104 valence electrons. The largest absolute Gasteiger partial charge is 0.478 e. The molecule has 0 aliphatic carbocycles. The number of carboxylic acid groups (broad SMARTS) is 1. The monoisotopic (exact) mass is 293 g/mol. The number of rotatable bonds is 5. The summed E-state index contributed by atoms with van der Waals surface area (Å²) in [6.07, 6.45) is 0. The van der Waals surface area contributed by atoms with Crippen LogP contribution in [0.25, 0.3) is 0 Å². The highest BCUT2D eigenvalue weighted by atomic mass is 35.5. The molecule has 0 radical (unpaired) electrons. The minimum Gasteiger partial charge on any atom is -0.478 e. The van der Waals surface area contributed by atoms with E-state index in [0.29, 0.717) is 17.5 Å². The molecule has 0 bridgehead atoms. The van der Waals surface area contributed by atoms with E-state index < -0.39 is 5.97 Å². The number of ether oxygens (including phenoxy) is 2. The minimum absolute atomic E-state index is 0.0267. The molecule has 1 N–H and O–H groups in total. The van der Waals surface area contributed by atoms with Crippen LogP contribution in [0.15, 0.2) is 36.4 Å². The second kappa shape index (κ2) is 6.25. The van der Waals surface area contributed by atoms with Crippen LogP contribution in [0.2, 0.25) is 5.02 Å². The average molecular weight is 294 g/mol. The number of aromatic carboxylic acids is 1. The Morgan fingerprint density at radius 2 is 2.05 bits per heavy atom. The molecule has 0 unspecified atom stereocenters. The fraction of sp³-hybridized carbons (Fsp3) is 0.143. The van der Waals surface area contributed by atoms with Crippen molar-refractivity contribution in [2.24, 2.45) is 0 Å². The number of carbonyl (C=O) groups is 1. The number of aromatic nitrogens is 1. The summed E-state index contributed by atoms with van der Waals surface area (Å²) in [6, 6.07) is 9.38. The Kier molecular flexibility index (Phi) is 4.42. The van der Waals surface area contributed by atoms with E-state index in [1.54, 1.807) is 24.3 Å². The Morgan fingerprint density at radius 3 is 2.75 bits per heavy atom. The van der Waals surface area contributed by atoms with Crippen LogP contribution in [0.1, 0.15) is 17.3 Å². The first-order chi connectivity index (χ1) is 9.60. The molecule has 0 saturated carbocycles. The highest BCUT2D eigenvalue weighted by Gasteiger charge is 2.13. The van der Waals surface area contributed by atoms with Gasteiger partial charge >= 0.3 is 5.97 Å². The molecule has 0 fully saturated rings. The molecule has 5 nitrogen and oxygen atoms in total. The minimum atomic E-state index is -1.12. The maximum Gasteiger partial charge on any atom is 0.339 e. The Hall–Kier alpha value is -2.27. The molecule has 1 aromatic heterocycles. The third-order valence-electron chi connectivity index (χ3n) is 2.38. The molecule has 0 amide bonds. The van der Waals surface area contributed by atoms with Gasteiger partial charge in [0.25, 0.3) is 0 Å². The molecule has 2 aromatic rings. The first-order valence-corrected chi connectivity index (χ1v) is 6.28. The Morgan fingerprint density at radius 1 is 1.30 bits per heavy atom. The van der Waals surface area contributed by atoms with E-state index in [0.717, 1.165) is 0 Å². The van der Waals surface area contributed by atoms with Crippen LogP contribution in [-0.4, -0.2) is 22.7 Å². The standard InChI is InChI=1S/C14H12ClNO4/c1-2-19-12-4-3-5-13(16-12)20-11-7-6-9(15)8-10(11)14(17)18/h3-8H,2H2,1H3,(H,17,18). The second-order valence-corrected chi connectivity index (χ2v) is 4.23. The van der Waals surface area contributed by atoms with Crippen molar-refractivity contribution in [3.63, 3.8) is 0 Å². The van der Waals surface area contributed by atoms with Crippen molar-refractivity contribution >= 4 is 17.6 Å². The molecule has 0 aliphatic heterocycles. The summed E-state index contributed by atoms with van der Waals surface area (Å²) in [5, 5.41) is 9.45. The van der Waals surface area contributed by atoms with E-state index in [-0.39, 0.29) is 17.2 Å². The van der Waals surface area contributed by atoms with Crippen LogP contribution in [0.5, 0.6) is 17.5 Å². The van der Waals surface area contributed by atoms with E-state index >= 15 is 0 Å². The number of pyridine rings is 1. The molecule has 0 saturated heterocycles. The Labute approximate surface area is 120 Å². The summed E-state index contributed by atoms with van der Waals surface area (Å²) in [7, 11) is 0. The van der Waals surface area contributed by atoms with Gasteiger partial charge in [-0.25, -0.2) is 4.79 Å². The van der Waals surface area contributed by atoms with Gasteiger partial charge in [0, 0.05) is 17.2 Å². The van der Waals surface area contributed by atoms with Crippen molar-refractivity contribution in [3.05, 3.63) is 47.0 Å². The number of hydrogen-bond donors (Lipinski definition) is 1. The summed E-state index contributed by atoms with van der Waals surface area (Å²) in [4.78, 5) is 15.3. The van der Waals surface area contributed by atoms with Crippen LogP contribution in [0, 0.1) is 0 Å². The lowest BCUT2D eigenvalue weighted by molar-refractivity contribution is 0.0694. The summed E-state index contributed by atoms with van der Waals surface area (Å²) in [5.74, 6) is -0.289. The smallest absolute Gasteiger partial charge is 0.339 e.